The lowest BCUT2D eigenvalue weighted by atomic mass is 9.95. The van der Waals surface area contributed by atoms with Crippen LogP contribution >= 0.6 is 0 Å². The molecule has 1 aromatic carbocycles. The summed E-state index contributed by atoms with van der Waals surface area (Å²) in [6, 6.07) is 6.25. The Bertz CT molecular complexity index is 532. The van der Waals surface area contributed by atoms with Crippen LogP contribution in [0.25, 0.3) is 0 Å². The van der Waals surface area contributed by atoms with Gasteiger partial charge in [0.25, 0.3) is 0 Å². The molecular formula is C18H28N2O3. The van der Waals surface area contributed by atoms with E-state index in [4.69, 9.17) is 9.47 Å². The molecule has 0 aromatic heterocycles. The minimum Gasteiger partial charge on any atom is -0.494 e. The van der Waals surface area contributed by atoms with Gasteiger partial charge >= 0.3 is 6.09 Å². The maximum atomic E-state index is 11.9. The third-order valence-electron chi connectivity index (χ3n) is 3.81. The van der Waals surface area contributed by atoms with E-state index in [9.17, 15) is 4.79 Å². The van der Waals surface area contributed by atoms with Crippen molar-refractivity contribution in [2.45, 2.75) is 64.5 Å². The molecule has 1 aromatic rings. The topological polar surface area (TPSA) is 59.6 Å². The minimum absolute atomic E-state index is 0.483. The second-order valence-corrected chi connectivity index (χ2v) is 7.02. The number of carbonyl (C=O) groups is 1. The first-order chi connectivity index (χ1) is 10.9. The molecule has 2 N–H and O–H groups in total. The number of hydrogen-bond donors (Lipinski definition) is 2. The lowest BCUT2D eigenvalue weighted by Gasteiger charge is -2.24. The number of hydrogen-bond acceptors (Lipinski definition) is 4. The number of benzene rings is 1. The smallest absolute Gasteiger partial charge is 0.412 e. The summed E-state index contributed by atoms with van der Waals surface area (Å²) in [5.41, 5.74) is 1.10. The van der Waals surface area contributed by atoms with Crippen molar-refractivity contribution in [1.82, 2.24) is 0 Å². The molecule has 0 heterocycles. The lowest BCUT2D eigenvalue weighted by molar-refractivity contribution is 0.0635. The first-order valence-corrected chi connectivity index (χ1v) is 8.32. The Morgan fingerprint density at radius 3 is 2.48 bits per heavy atom. The van der Waals surface area contributed by atoms with Gasteiger partial charge in [0.2, 0.25) is 0 Å². The van der Waals surface area contributed by atoms with E-state index in [0.717, 1.165) is 5.69 Å². The van der Waals surface area contributed by atoms with E-state index in [1.165, 1.54) is 32.1 Å². The van der Waals surface area contributed by atoms with E-state index >= 15 is 0 Å². The highest BCUT2D eigenvalue weighted by atomic mass is 16.6. The molecule has 1 aliphatic carbocycles. The fourth-order valence-electron chi connectivity index (χ4n) is 2.78. The molecule has 1 fully saturated rings. The number of amides is 1. The van der Waals surface area contributed by atoms with Gasteiger partial charge in [0, 0.05) is 17.8 Å². The Balaban J connectivity index is 2.02. The molecule has 23 heavy (non-hydrogen) atoms. The quantitative estimate of drug-likeness (QED) is 0.837. The van der Waals surface area contributed by atoms with Gasteiger partial charge in [-0.3, -0.25) is 5.32 Å². The molecule has 5 nitrogen and oxygen atoms in total. The number of methoxy groups -OCH3 is 1. The van der Waals surface area contributed by atoms with E-state index in [1.54, 1.807) is 7.11 Å². The van der Waals surface area contributed by atoms with Crippen molar-refractivity contribution >= 4 is 17.5 Å². The van der Waals surface area contributed by atoms with E-state index in [2.05, 4.69) is 10.6 Å². The molecule has 5 heteroatoms. The summed E-state index contributed by atoms with van der Waals surface area (Å²) in [7, 11) is 1.60. The van der Waals surface area contributed by atoms with Crippen LogP contribution in [-0.2, 0) is 4.74 Å². The van der Waals surface area contributed by atoms with Crippen molar-refractivity contribution in [3.63, 3.8) is 0 Å². The van der Waals surface area contributed by atoms with Gasteiger partial charge in [0.15, 0.2) is 0 Å². The van der Waals surface area contributed by atoms with Crippen LogP contribution in [0.2, 0.25) is 0 Å². The van der Waals surface area contributed by atoms with Crippen LogP contribution in [0.4, 0.5) is 16.2 Å². The maximum absolute atomic E-state index is 11.9. The van der Waals surface area contributed by atoms with Crippen molar-refractivity contribution in [2.75, 3.05) is 17.7 Å². The second kappa shape index (κ2) is 7.57. The van der Waals surface area contributed by atoms with Crippen LogP contribution in [0.3, 0.4) is 0 Å². The Labute approximate surface area is 138 Å². The Kier molecular flexibility index (Phi) is 5.74. The summed E-state index contributed by atoms with van der Waals surface area (Å²) in [6.07, 6.45) is 5.84. The van der Waals surface area contributed by atoms with Crippen LogP contribution < -0.4 is 15.4 Å². The monoisotopic (exact) mass is 320 g/mol. The molecule has 128 valence electrons. The Morgan fingerprint density at radius 2 is 1.87 bits per heavy atom. The van der Waals surface area contributed by atoms with Gasteiger partial charge in [-0.05, 0) is 45.7 Å². The molecular weight excluding hydrogens is 292 g/mol. The Hall–Kier alpha value is -1.91. The largest absolute Gasteiger partial charge is 0.494 e. The summed E-state index contributed by atoms with van der Waals surface area (Å²) in [6.45, 7) is 5.50. The molecule has 0 aliphatic heterocycles. The Morgan fingerprint density at radius 1 is 1.17 bits per heavy atom. The third-order valence-corrected chi connectivity index (χ3v) is 3.81. The highest BCUT2D eigenvalue weighted by Gasteiger charge is 2.18. The van der Waals surface area contributed by atoms with Crippen LogP contribution in [0, 0.1) is 0 Å². The third kappa shape index (κ3) is 5.66. The fraction of sp³-hybridized carbons (Fsp3) is 0.611. The predicted octanol–water partition coefficient (Wildman–Crippen LogP) is 4.79. The summed E-state index contributed by atoms with van der Waals surface area (Å²) in [5, 5.41) is 6.29. The number of carbonyl (C=O) groups excluding carboxylic acids is 1. The zero-order valence-corrected chi connectivity index (χ0v) is 14.6. The molecule has 0 saturated heterocycles. The van der Waals surface area contributed by atoms with Crippen LogP contribution in [0.5, 0.6) is 5.75 Å². The SMILES string of the molecule is COc1cc(NC2CCCCC2)ccc1NC(=O)OC(C)(C)C. The molecule has 1 aliphatic rings. The van der Waals surface area contributed by atoms with Crippen LogP contribution in [0.1, 0.15) is 52.9 Å². The van der Waals surface area contributed by atoms with Gasteiger partial charge in [0.1, 0.15) is 11.4 Å². The van der Waals surface area contributed by atoms with Gasteiger partial charge in [-0.25, -0.2) is 4.79 Å². The number of rotatable bonds is 4. The second-order valence-electron chi connectivity index (χ2n) is 7.02. The number of anilines is 2. The van der Waals surface area contributed by atoms with E-state index < -0.39 is 11.7 Å². The van der Waals surface area contributed by atoms with Crippen LogP contribution in [-0.4, -0.2) is 24.8 Å². The van der Waals surface area contributed by atoms with Crippen molar-refractivity contribution in [2.24, 2.45) is 0 Å². The first-order valence-electron chi connectivity index (χ1n) is 8.32. The molecule has 1 saturated carbocycles. The molecule has 0 atom stereocenters. The van der Waals surface area contributed by atoms with Gasteiger partial charge < -0.3 is 14.8 Å². The van der Waals surface area contributed by atoms with E-state index in [0.29, 0.717) is 17.5 Å². The fourth-order valence-corrected chi connectivity index (χ4v) is 2.78. The molecule has 2 rings (SSSR count). The highest BCUT2D eigenvalue weighted by Crippen LogP contribution is 2.30. The lowest BCUT2D eigenvalue weighted by Crippen LogP contribution is -2.27. The van der Waals surface area contributed by atoms with Crippen molar-refractivity contribution in [1.29, 1.82) is 0 Å². The van der Waals surface area contributed by atoms with E-state index in [-0.39, 0.29) is 0 Å². The highest BCUT2D eigenvalue weighted by molar-refractivity contribution is 5.87. The van der Waals surface area contributed by atoms with Crippen molar-refractivity contribution < 1.29 is 14.3 Å². The zero-order valence-electron chi connectivity index (χ0n) is 14.6. The molecule has 1 amide bonds. The van der Waals surface area contributed by atoms with E-state index in [1.807, 2.05) is 39.0 Å². The molecule has 0 bridgehead atoms. The summed E-state index contributed by atoms with van der Waals surface area (Å²) >= 11 is 0. The zero-order chi connectivity index (χ0) is 16.9. The summed E-state index contributed by atoms with van der Waals surface area (Å²) in [4.78, 5) is 11.9. The van der Waals surface area contributed by atoms with Crippen molar-refractivity contribution in [3.8, 4) is 5.75 Å². The summed E-state index contributed by atoms with van der Waals surface area (Å²) < 4.78 is 10.7. The normalized spacial score (nSPS) is 15.8. The average molecular weight is 320 g/mol. The van der Waals surface area contributed by atoms with Gasteiger partial charge in [0.05, 0.1) is 12.8 Å². The van der Waals surface area contributed by atoms with Gasteiger partial charge in [-0.15, -0.1) is 0 Å². The number of nitrogens with one attached hydrogen (secondary N) is 2. The maximum Gasteiger partial charge on any atom is 0.412 e. The van der Waals surface area contributed by atoms with Crippen LogP contribution in [0.15, 0.2) is 18.2 Å². The minimum atomic E-state index is -0.528. The number of ether oxygens (including phenoxy) is 2. The van der Waals surface area contributed by atoms with Crippen molar-refractivity contribution in [3.05, 3.63) is 18.2 Å². The molecule has 0 radical (unpaired) electrons. The standard InChI is InChI=1S/C18H28N2O3/c1-18(2,3)23-17(21)20-15-11-10-14(12-16(15)22-4)19-13-8-6-5-7-9-13/h10-13,19H,5-9H2,1-4H3,(H,20,21). The molecule has 0 unspecified atom stereocenters. The summed E-state index contributed by atoms with van der Waals surface area (Å²) in [5.74, 6) is 0.622. The first kappa shape index (κ1) is 17.4. The average Bonchev–Trinajstić information content (AvgIpc) is 2.48. The molecule has 0 spiro atoms. The predicted molar refractivity (Wildman–Crippen MR) is 93.3 cm³/mol. The van der Waals surface area contributed by atoms with Gasteiger partial charge in [-0.2, -0.15) is 0 Å². The van der Waals surface area contributed by atoms with Gasteiger partial charge in [-0.1, -0.05) is 19.3 Å².